The van der Waals surface area contributed by atoms with E-state index in [1.165, 1.54) is 5.57 Å². The third-order valence-electron chi connectivity index (χ3n) is 3.21. The fourth-order valence-electron chi connectivity index (χ4n) is 2.15. The summed E-state index contributed by atoms with van der Waals surface area (Å²) in [7, 11) is 0. The summed E-state index contributed by atoms with van der Waals surface area (Å²) in [5.74, 6) is 1.20. The van der Waals surface area contributed by atoms with Gasteiger partial charge in [0.2, 0.25) is 0 Å². The van der Waals surface area contributed by atoms with Crippen LogP contribution in [0.3, 0.4) is 0 Å². The molecule has 0 aromatic carbocycles. The number of hydrogen-bond donors (Lipinski definition) is 0. The summed E-state index contributed by atoms with van der Waals surface area (Å²) in [5.41, 5.74) is 1.11. The molecular formula is C16H20O3. The second kappa shape index (κ2) is 5.08. The Bertz CT molecular complexity index is 589. The van der Waals surface area contributed by atoms with Gasteiger partial charge in [0.1, 0.15) is 22.7 Å². The monoisotopic (exact) mass is 260 g/mol. The van der Waals surface area contributed by atoms with Gasteiger partial charge in [-0.2, -0.15) is 0 Å². The molecule has 0 aliphatic carbocycles. The van der Waals surface area contributed by atoms with E-state index < -0.39 is 0 Å². The van der Waals surface area contributed by atoms with E-state index in [1.807, 2.05) is 19.1 Å². The smallest absolute Gasteiger partial charge is 0.346 e. The number of hydrogen-bond acceptors (Lipinski definition) is 3. The fraction of sp³-hybridized carbons (Fsp3) is 0.438. The molecule has 0 fully saturated rings. The Hall–Kier alpha value is -1.77. The first-order valence-corrected chi connectivity index (χ1v) is 6.56. The molecule has 3 nitrogen and oxygen atoms in total. The lowest BCUT2D eigenvalue weighted by atomic mass is 9.95. The summed E-state index contributed by atoms with van der Waals surface area (Å²) in [6, 6.07) is 1.78. The van der Waals surface area contributed by atoms with Crippen LogP contribution in [0.2, 0.25) is 0 Å². The summed E-state index contributed by atoms with van der Waals surface area (Å²) < 4.78 is 11.0. The van der Waals surface area contributed by atoms with Crippen molar-refractivity contribution >= 4 is 6.08 Å². The quantitative estimate of drug-likeness (QED) is 0.775. The molecule has 2 rings (SSSR count). The third kappa shape index (κ3) is 3.16. The van der Waals surface area contributed by atoms with Crippen LogP contribution >= 0.6 is 0 Å². The average Bonchev–Trinajstić information content (AvgIpc) is 2.26. The van der Waals surface area contributed by atoms with E-state index in [0.29, 0.717) is 17.1 Å². The molecule has 1 aliphatic heterocycles. The lowest BCUT2D eigenvalue weighted by Gasteiger charge is -2.31. The molecule has 1 unspecified atom stereocenters. The first kappa shape index (κ1) is 13.7. The van der Waals surface area contributed by atoms with Gasteiger partial charge < -0.3 is 9.15 Å². The van der Waals surface area contributed by atoms with E-state index in [2.05, 4.69) is 19.9 Å². The van der Waals surface area contributed by atoms with Gasteiger partial charge in [0.15, 0.2) is 0 Å². The second-order valence-corrected chi connectivity index (χ2v) is 5.49. The zero-order valence-corrected chi connectivity index (χ0v) is 11.9. The summed E-state index contributed by atoms with van der Waals surface area (Å²) in [4.78, 5) is 11.7. The number of allylic oxidation sites excluding steroid dienone is 2. The van der Waals surface area contributed by atoms with Crippen molar-refractivity contribution in [1.29, 1.82) is 0 Å². The molecular weight excluding hydrogens is 240 g/mol. The highest BCUT2D eigenvalue weighted by molar-refractivity contribution is 5.59. The van der Waals surface area contributed by atoms with Gasteiger partial charge in [0, 0.05) is 6.07 Å². The highest BCUT2D eigenvalue weighted by Gasteiger charge is 2.28. The van der Waals surface area contributed by atoms with E-state index in [1.54, 1.807) is 13.0 Å². The van der Waals surface area contributed by atoms with Crippen molar-refractivity contribution < 1.29 is 9.15 Å². The topological polar surface area (TPSA) is 39.4 Å². The first-order valence-electron chi connectivity index (χ1n) is 6.56. The Morgan fingerprint density at radius 3 is 2.84 bits per heavy atom. The third-order valence-corrected chi connectivity index (χ3v) is 3.21. The molecule has 19 heavy (non-hydrogen) atoms. The van der Waals surface area contributed by atoms with E-state index in [-0.39, 0.29) is 11.2 Å². The normalized spacial score (nSPS) is 20.6. The van der Waals surface area contributed by atoms with Crippen molar-refractivity contribution in [3.8, 4) is 5.75 Å². The summed E-state index contributed by atoms with van der Waals surface area (Å²) >= 11 is 0. The van der Waals surface area contributed by atoms with Crippen LogP contribution in [-0.2, 0) is 0 Å². The van der Waals surface area contributed by atoms with Crippen molar-refractivity contribution in [1.82, 2.24) is 0 Å². The van der Waals surface area contributed by atoms with Gasteiger partial charge in [-0.25, -0.2) is 4.79 Å². The van der Waals surface area contributed by atoms with Crippen molar-refractivity contribution in [3.63, 3.8) is 0 Å². The lowest BCUT2D eigenvalue weighted by Crippen LogP contribution is -2.33. The minimum atomic E-state index is -0.362. The average molecular weight is 260 g/mol. The Balaban J connectivity index is 2.22. The molecule has 1 aromatic heterocycles. The maximum absolute atomic E-state index is 11.7. The Labute approximate surface area is 113 Å². The van der Waals surface area contributed by atoms with E-state index in [9.17, 15) is 4.79 Å². The predicted molar refractivity (Wildman–Crippen MR) is 76.4 cm³/mol. The Morgan fingerprint density at radius 1 is 1.42 bits per heavy atom. The molecule has 102 valence electrons. The fourth-order valence-corrected chi connectivity index (χ4v) is 2.15. The zero-order valence-electron chi connectivity index (χ0n) is 11.9. The molecule has 0 N–H and O–H groups in total. The van der Waals surface area contributed by atoms with Gasteiger partial charge in [0.05, 0.1) is 0 Å². The first-order chi connectivity index (χ1) is 8.89. The van der Waals surface area contributed by atoms with Gasteiger partial charge >= 0.3 is 5.63 Å². The Kier molecular flexibility index (Phi) is 3.65. The van der Waals surface area contributed by atoms with Crippen LogP contribution in [0.1, 0.15) is 44.9 Å². The van der Waals surface area contributed by atoms with Crippen molar-refractivity contribution in [2.45, 2.75) is 46.1 Å². The van der Waals surface area contributed by atoms with Gasteiger partial charge in [0.25, 0.3) is 0 Å². The van der Waals surface area contributed by atoms with Crippen LogP contribution in [0, 0.1) is 6.92 Å². The van der Waals surface area contributed by atoms with Gasteiger partial charge in [-0.1, -0.05) is 11.6 Å². The largest absolute Gasteiger partial charge is 0.482 e. The molecule has 0 spiro atoms. The lowest BCUT2D eigenvalue weighted by molar-refractivity contribution is 0.127. The van der Waals surface area contributed by atoms with Crippen LogP contribution in [0.25, 0.3) is 6.08 Å². The highest BCUT2D eigenvalue weighted by Crippen LogP contribution is 2.32. The van der Waals surface area contributed by atoms with Crippen LogP contribution in [0.15, 0.2) is 33.0 Å². The molecule has 0 bridgehead atoms. The predicted octanol–water partition coefficient (Wildman–Crippen LogP) is 3.86. The maximum atomic E-state index is 11.7. The summed E-state index contributed by atoms with van der Waals surface area (Å²) in [6.45, 7) is 7.96. The van der Waals surface area contributed by atoms with Gasteiger partial charge in [-0.15, -0.1) is 0 Å². The molecule has 1 aliphatic rings. The summed E-state index contributed by atoms with van der Waals surface area (Å²) in [5, 5.41) is 0. The van der Waals surface area contributed by atoms with E-state index >= 15 is 0 Å². The standard InChI is InChI=1S/C16H20O3/c1-11(2)6-5-8-16(4)9-7-13-14(19-16)10-12(3)18-15(13)17/h6-7,9-10H,5,8H2,1-4H3. The number of aryl methyl sites for hydroxylation is 1. The molecule has 1 atom stereocenters. The second-order valence-electron chi connectivity index (χ2n) is 5.49. The van der Waals surface area contributed by atoms with Crippen molar-refractivity contribution in [2.75, 3.05) is 0 Å². The number of rotatable bonds is 3. The minimum absolute atomic E-state index is 0.336. The molecule has 1 aromatic rings. The summed E-state index contributed by atoms with van der Waals surface area (Å²) in [6.07, 6.45) is 7.79. The van der Waals surface area contributed by atoms with Crippen LogP contribution in [0.5, 0.6) is 5.75 Å². The molecule has 0 saturated heterocycles. The number of ether oxygens (including phenoxy) is 1. The zero-order chi connectivity index (χ0) is 14.0. The van der Waals surface area contributed by atoms with Crippen LogP contribution in [0.4, 0.5) is 0 Å². The molecule has 0 radical (unpaired) electrons. The SMILES string of the molecule is CC(C)=CCCC1(C)C=Cc2c(cc(C)oc2=O)O1. The van der Waals surface area contributed by atoms with E-state index in [0.717, 1.165) is 12.8 Å². The minimum Gasteiger partial charge on any atom is -0.482 e. The van der Waals surface area contributed by atoms with Gasteiger partial charge in [-0.3, -0.25) is 0 Å². The molecule has 2 heterocycles. The molecule has 0 amide bonds. The van der Waals surface area contributed by atoms with E-state index in [4.69, 9.17) is 9.15 Å². The highest BCUT2D eigenvalue weighted by atomic mass is 16.5. The number of fused-ring (bicyclic) bond motifs is 1. The molecule has 3 heteroatoms. The van der Waals surface area contributed by atoms with Crippen molar-refractivity contribution in [3.05, 3.63) is 45.5 Å². The van der Waals surface area contributed by atoms with Crippen LogP contribution < -0.4 is 10.4 Å². The maximum Gasteiger partial charge on any atom is 0.346 e. The molecule has 0 saturated carbocycles. The van der Waals surface area contributed by atoms with Gasteiger partial charge in [-0.05, 0) is 52.7 Å². The Morgan fingerprint density at radius 2 is 2.16 bits per heavy atom. The van der Waals surface area contributed by atoms with Crippen LogP contribution in [-0.4, -0.2) is 5.60 Å². The van der Waals surface area contributed by atoms with Crippen molar-refractivity contribution in [2.24, 2.45) is 0 Å².